The van der Waals surface area contributed by atoms with Crippen LogP contribution in [0.5, 0.6) is 0 Å². The molecule has 7 heteroatoms. The number of fused-ring (bicyclic) bond motifs is 1. The Bertz CT molecular complexity index is 750. The third-order valence-electron chi connectivity index (χ3n) is 3.30. The van der Waals surface area contributed by atoms with Crippen LogP contribution in [0, 0.1) is 6.92 Å². The van der Waals surface area contributed by atoms with Gasteiger partial charge in [-0.05, 0) is 24.6 Å². The molecule has 3 amide bonds. The Morgan fingerprint density at radius 3 is 3.00 bits per heavy atom. The first-order chi connectivity index (χ1) is 10.0. The zero-order chi connectivity index (χ0) is 15.0. The Labute approximate surface area is 119 Å². The number of rotatable bonds is 2. The fourth-order valence-corrected chi connectivity index (χ4v) is 2.25. The van der Waals surface area contributed by atoms with E-state index in [1.807, 2.05) is 0 Å². The van der Waals surface area contributed by atoms with Crippen LogP contribution in [-0.4, -0.2) is 28.7 Å². The van der Waals surface area contributed by atoms with E-state index in [1.165, 1.54) is 0 Å². The van der Waals surface area contributed by atoms with Crippen molar-refractivity contribution in [1.29, 1.82) is 0 Å². The number of piperidine rings is 1. The van der Waals surface area contributed by atoms with Crippen molar-refractivity contribution in [3.8, 4) is 0 Å². The van der Waals surface area contributed by atoms with Gasteiger partial charge in [-0.3, -0.25) is 19.7 Å². The highest BCUT2D eigenvalue weighted by molar-refractivity contribution is 6.04. The molecule has 3 rings (SSSR count). The van der Waals surface area contributed by atoms with Gasteiger partial charge in [-0.25, -0.2) is 4.98 Å². The Hall–Kier alpha value is -2.70. The zero-order valence-electron chi connectivity index (χ0n) is 11.3. The van der Waals surface area contributed by atoms with Gasteiger partial charge in [-0.1, -0.05) is 0 Å². The van der Waals surface area contributed by atoms with Crippen molar-refractivity contribution in [1.82, 2.24) is 15.6 Å². The third kappa shape index (κ3) is 2.62. The van der Waals surface area contributed by atoms with Crippen molar-refractivity contribution in [2.75, 3.05) is 0 Å². The van der Waals surface area contributed by atoms with E-state index in [-0.39, 0.29) is 18.2 Å². The Morgan fingerprint density at radius 2 is 2.24 bits per heavy atom. The summed E-state index contributed by atoms with van der Waals surface area (Å²) in [5.74, 6) is -0.659. The van der Waals surface area contributed by atoms with Gasteiger partial charge in [0.25, 0.3) is 5.91 Å². The van der Waals surface area contributed by atoms with E-state index in [9.17, 15) is 14.4 Å². The van der Waals surface area contributed by atoms with E-state index in [1.54, 1.807) is 25.1 Å². The lowest BCUT2D eigenvalue weighted by Gasteiger charge is -2.21. The first-order valence-corrected chi connectivity index (χ1v) is 6.55. The molecule has 7 nitrogen and oxygen atoms in total. The molecule has 1 aromatic heterocycles. The van der Waals surface area contributed by atoms with Crippen LogP contribution in [0.25, 0.3) is 11.1 Å². The van der Waals surface area contributed by atoms with E-state index in [4.69, 9.17) is 4.42 Å². The summed E-state index contributed by atoms with van der Waals surface area (Å²) in [5.41, 5.74) is 1.57. The number of hydrogen-bond acceptors (Lipinski definition) is 5. The number of aromatic nitrogens is 1. The van der Waals surface area contributed by atoms with Crippen LogP contribution >= 0.6 is 0 Å². The second-order valence-electron chi connectivity index (χ2n) is 4.89. The lowest BCUT2D eigenvalue weighted by Crippen LogP contribution is -2.52. The molecule has 0 spiro atoms. The minimum atomic E-state index is -0.692. The van der Waals surface area contributed by atoms with Crippen molar-refractivity contribution < 1.29 is 18.8 Å². The number of imide groups is 1. The summed E-state index contributed by atoms with van der Waals surface area (Å²) < 4.78 is 5.37. The van der Waals surface area contributed by atoms with Crippen LogP contribution < -0.4 is 10.6 Å². The number of oxazole rings is 1. The molecule has 1 unspecified atom stereocenters. The number of nitrogens with zero attached hydrogens (tertiary/aromatic N) is 1. The fraction of sp³-hybridized carbons (Fsp3) is 0.286. The van der Waals surface area contributed by atoms with Gasteiger partial charge in [-0.15, -0.1) is 0 Å². The summed E-state index contributed by atoms with van der Waals surface area (Å²) >= 11 is 0. The van der Waals surface area contributed by atoms with Crippen LogP contribution in [0.1, 0.15) is 29.1 Å². The summed E-state index contributed by atoms with van der Waals surface area (Å²) in [7, 11) is 0. The normalized spacial score (nSPS) is 18.6. The number of hydrogen-bond donors (Lipinski definition) is 2. The second kappa shape index (κ2) is 5.01. The monoisotopic (exact) mass is 287 g/mol. The summed E-state index contributed by atoms with van der Waals surface area (Å²) in [6.07, 6.45) is 0.525. The summed E-state index contributed by atoms with van der Waals surface area (Å²) in [6, 6.07) is 4.19. The van der Waals surface area contributed by atoms with Crippen LogP contribution in [0.2, 0.25) is 0 Å². The Balaban J connectivity index is 1.77. The maximum Gasteiger partial charge on any atom is 0.252 e. The van der Waals surface area contributed by atoms with Gasteiger partial charge >= 0.3 is 0 Å². The van der Waals surface area contributed by atoms with E-state index in [0.717, 1.165) is 0 Å². The molecular weight excluding hydrogens is 274 g/mol. The Morgan fingerprint density at radius 1 is 1.43 bits per heavy atom. The minimum absolute atomic E-state index is 0.219. The third-order valence-corrected chi connectivity index (χ3v) is 3.30. The summed E-state index contributed by atoms with van der Waals surface area (Å²) in [4.78, 5) is 39.0. The number of aryl methyl sites for hydroxylation is 1. The number of carbonyl (C=O) groups is 3. The number of nitrogens with one attached hydrogen (secondary N) is 2. The minimum Gasteiger partial charge on any atom is -0.441 e. The van der Waals surface area contributed by atoms with Crippen LogP contribution in [-0.2, 0) is 9.59 Å². The first-order valence-electron chi connectivity index (χ1n) is 6.55. The number of carbonyl (C=O) groups excluding carboxylic acids is 3. The van der Waals surface area contributed by atoms with E-state index < -0.39 is 11.9 Å². The van der Waals surface area contributed by atoms with Crippen molar-refractivity contribution in [3.05, 3.63) is 29.7 Å². The highest BCUT2D eigenvalue weighted by Crippen LogP contribution is 2.17. The topological polar surface area (TPSA) is 101 Å². The van der Waals surface area contributed by atoms with Gasteiger partial charge < -0.3 is 9.73 Å². The molecule has 0 radical (unpaired) electrons. The average molecular weight is 287 g/mol. The predicted octanol–water partition coefficient (Wildman–Crippen LogP) is 0.671. The maximum atomic E-state index is 12.2. The van der Waals surface area contributed by atoms with Gasteiger partial charge in [0.2, 0.25) is 11.8 Å². The van der Waals surface area contributed by atoms with Crippen molar-refractivity contribution in [2.45, 2.75) is 25.8 Å². The second-order valence-corrected chi connectivity index (χ2v) is 4.89. The molecular formula is C14H13N3O4. The molecule has 21 heavy (non-hydrogen) atoms. The molecule has 0 bridgehead atoms. The molecule has 0 saturated carbocycles. The van der Waals surface area contributed by atoms with Crippen molar-refractivity contribution in [2.24, 2.45) is 0 Å². The average Bonchev–Trinajstić information content (AvgIpc) is 2.80. The van der Waals surface area contributed by atoms with E-state index in [0.29, 0.717) is 29.0 Å². The molecule has 1 fully saturated rings. The summed E-state index contributed by atoms with van der Waals surface area (Å²) in [5, 5.41) is 4.81. The molecule has 1 aliphatic rings. The Kier molecular flexibility index (Phi) is 3.17. The zero-order valence-corrected chi connectivity index (χ0v) is 11.3. The largest absolute Gasteiger partial charge is 0.441 e. The molecule has 1 saturated heterocycles. The van der Waals surface area contributed by atoms with Gasteiger partial charge in [0.15, 0.2) is 11.5 Å². The van der Waals surface area contributed by atoms with Crippen molar-refractivity contribution >= 4 is 28.8 Å². The molecule has 1 aliphatic heterocycles. The quantitative estimate of drug-likeness (QED) is 0.791. The van der Waals surface area contributed by atoms with Gasteiger partial charge in [0, 0.05) is 18.9 Å². The highest BCUT2D eigenvalue weighted by atomic mass is 16.3. The standard InChI is InChI=1S/C14H13N3O4/c1-7-15-9-3-2-8(6-11(9)21-7)13(19)16-10-4-5-12(18)17-14(10)20/h2-3,6,10H,4-5H2,1H3,(H,16,19)(H,17,18,20). The number of amides is 3. The molecule has 1 atom stereocenters. The molecule has 1 aromatic carbocycles. The maximum absolute atomic E-state index is 12.2. The molecule has 2 heterocycles. The molecule has 2 aromatic rings. The lowest BCUT2D eigenvalue weighted by molar-refractivity contribution is -0.134. The molecule has 108 valence electrons. The summed E-state index contributed by atoms with van der Waals surface area (Å²) in [6.45, 7) is 1.73. The molecule has 2 N–H and O–H groups in total. The van der Waals surface area contributed by atoms with Gasteiger partial charge in [0.05, 0.1) is 0 Å². The lowest BCUT2D eigenvalue weighted by atomic mass is 10.1. The first kappa shape index (κ1) is 13.3. The van der Waals surface area contributed by atoms with Gasteiger partial charge in [0.1, 0.15) is 11.6 Å². The SMILES string of the molecule is Cc1nc2ccc(C(=O)NC3CCC(=O)NC3=O)cc2o1. The number of benzene rings is 1. The van der Waals surface area contributed by atoms with Gasteiger partial charge in [-0.2, -0.15) is 0 Å². The highest BCUT2D eigenvalue weighted by Gasteiger charge is 2.28. The van der Waals surface area contributed by atoms with E-state index >= 15 is 0 Å². The molecule has 0 aliphatic carbocycles. The van der Waals surface area contributed by atoms with Crippen LogP contribution in [0.4, 0.5) is 0 Å². The fourth-order valence-electron chi connectivity index (χ4n) is 2.25. The van der Waals surface area contributed by atoms with E-state index in [2.05, 4.69) is 15.6 Å². The van der Waals surface area contributed by atoms with Crippen molar-refractivity contribution in [3.63, 3.8) is 0 Å². The van der Waals surface area contributed by atoms with Crippen LogP contribution in [0.3, 0.4) is 0 Å². The predicted molar refractivity (Wildman–Crippen MR) is 72.4 cm³/mol. The smallest absolute Gasteiger partial charge is 0.252 e. The van der Waals surface area contributed by atoms with Crippen LogP contribution in [0.15, 0.2) is 22.6 Å².